The fraction of sp³-hybridized carbons (Fsp3) is 0.538. The molecule has 0 unspecified atom stereocenters. The van der Waals surface area contributed by atoms with Crippen LogP contribution in [0.5, 0.6) is 0 Å². The van der Waals surface area contributed by atoms with E-state index in [9.17, 15) is 18.0 Å². The van der Waals surface area contributed by atoms with Crippen LogP contribution < -0.4 is 11.1 Å². The molecule has 1 aromatic rings. The number of amides is 2. The second-order valence-corrected chi connectivity index (χ2v) is 7.27. The number of hydrogen-bond acceptors (Lipinski definition) is 4. The topological polar surface area (TPSA) is 114 Å². The molecule has 1 aliphatic heterocycles. The van der Waals surface area contributed by atoms with E-state index in [-0.39, 0.29) is 35.5 Å². The third-order valence-corrected chi connectivity index (χ3v) is 5.80. The molecule has 22 heavy (non-hydrogen) atoms. The molecule has 1 saturated heterocycles. The van der Waals surface area contributed by atoms with Crippen LogP contribution >= 0.6 is 0 Å². The zero-order valence-electron chi connectivity index (χ0n) is 12.6. The first-order valence-electron chi connectivity index (χ1n) is 6.95. The molecule has 8 nitrogen and oxygen atoms in total. The Morgan fingerprint density at radius 1 is 1.32 bits per heavy atom. The van der Waals surface area contributed by atoms with Gasteiger partial charge in [0.2, 0.25) is 15.9 Å². The van der Waals surface area contributed by atoms with Crippen LogP contribution in [0.15, 0.2) is 17.2 Å². The number of carbonyl (C=O) groups excluding carboxylic acids is 2. The number of carbonyl (C=O) groups is 2. The molecule has 0 saturated carbocycles. The van der Waals surface area contributed by atoms with Crippen molar-refractivity contribution >= 4 is 21.8 Å². The molecule has 0 bridgehead atoms. The maximum atomic E-state index is 12.6. The fourth-order valence-electron chi connectivity index (χ4n) is 2.56. The Morgan fingerprint density at radius 2 is 1.91 bits per heavy atom. The number of nitrogens with zero attached hydrogens (tertiary/aromatic N) is 2. The molecule has 3 N–H and O–H groups in total. The lowest BCUT2D eigenvalue weighted by Crippen LogP contribution is -2.41. The Balaban J connectivity index is 2.21. The molecule has 1 aromatic heterocycles. The highest BCUT2D eigenvalue weighted by molar-refractivity contribution is 7.89. The van der Waals surface area contributed by atoms with Gasteiger partial charge in [0.15, 0.2) is 0 Å². The summed E-state index contributed by atoms with van der Waals surface area (Å²) in [4.78, 5) is 22.9. The fourth-order valence-corrected chi connectivity index (χ4v) is 4.10. The monoisotopic (exact) mass is 328 g/mol. The molecule has 122 valence electrons. The van der Waals surface area contributed by atoms with Gasteiger partial charge in [0.1, 0.15) is 10.6 Å². The van der Waals surface area contributed by atoms with Crippen molar-refractivity contribution in [1.82, 2.24) is 14.2 Å². The average molecular weight is 328 g/mol. The number of primary amides is 1. The van der Waals surface area contributed by atoms with E-state index in [4.69, 9.17) is 5.73 Å². The quantitative estimate of drug-likeness (QED) is 0.758. The summed E-state index contributed by atoms with van der Waals surface area (Å²) >= 11 is 0. The molecule has 2 heterocycles. The molecule has 1 aliphatic rings. The van der Waals surface area contributed by atoms with E-state index in [0.29, 0.717) is 12.8 Å². The molecule has 9 heteroatoms. The van der Waals surface area contributed by atoms with Crippen LogP contribution in [-0.4, -0.2) is 49.2 Å². The molecule has 0 spiro atoms. The van der Waals surface area contributed by atoms with Crippen LogP contribution in [0.3, 0.4) is 0 Å². The molecule has 1 fully saturated rings. The minimum Gasteiger partial charge on any atom is -0.369 e. The summed E-state index contributed by atoms with van der Waals surface area (Å²) in [5.74, 6) is -1.02. The van der Waals surface area contributed by atoms with Crippen LogP contribution in [0.2, 0.25) is 0 Å². The SMILES string of the molecule is CNC(=O)c1cc(S(=O)(=O)N2CCC(C(N)=O)CC2)cn1C. The largest absolute Gasteiger partial charge is 0.369 e. The van der Waals surface area contributed by atoms with Crippen molar-refractivity contribution in [3.63, 3.8) is 0 Å². The molecular weight excluding hydrogens is 308 g/mol. The zero-order valence-corrected chi connectivity index (χ0v) is 13.4. The van der Waals surface area contributed by atoms with Crippen molar-refractivity contribution in [3.8, 4) is 0 Å². The molecule has 2 amide bonds. The van der Waals surface area contributed by atoms with Crippen molar-refractivity contribution in [3.05, 3.63) is 18.0 Å². The first kappa shape index (κ1) is 16.5. The zero-order chi connectivity index (χ0) is 16.5. The van der Waals surface area contributed by atoms with Gasteiger partial charge in [-0.1, -0.05) is 0 Å². The van der Waals surface area contributed by atoms with Gasteiger partial charge in [-0.3, -0.25) is 9.59 Å². The van der Waals surface area contributed by atoms with E-state index in [2.05, 4.69) is 5.32 Å². The third-order valence-electron chi connectivity index (χ3n) is 3.93. The van der Waals surface area contributed by atoms with Crippen molar-refractivity contribution < 1.29 is 18.0 Å². The van der Waals surface area contributed by atoms with Crippen molar-refractivity contribution in [2.45, 2.75) is 17.7 Å². The van der Waals surface area contributed by atoms with Crippen molar-refractivity contribution in [2.24, 2.45) is 18.7 Å². The van der Waals surface area contributed by atoms with E-state index >= 15 is 0 Å². The number of nitrogens with one attached hydrogen (secondary N) is 1. The lowest BCUT2D eigenvalue weighted by atomic mass is 9.98. The summed E-state index contributed by atoms with van der Waals surface area (Å²) in [6, 6.07) is 1.36. The Labute approximate surface area is 129 Å². The van der Waals surface area contributed by atoms with Crippen LogP contribution in [-0.2, 0) is 21.9 Å². The maximum Gasteiger partial charge on any atom is 0.267 e. The van der Waals surface area contributed by atoms with Crippen LogP contribution in [0, 0.1) is 5.92 Å². The number of nitrogens with two attached hydrogens (primary N) is 1. The molecular formula is C13H20N4O4S. The third kappa shape index (κ3) is 3.00. The number of aromatic nitrogens is 1. The molecule has 0 aromatic carbocycles. The average Bonchev–Trinajstić information content (AvgIpc) is 2.89. The van der Waals surface area contributed by atoms with Crippen LogP contribution in [0.1, 0.15) is 23.3 Å². The van der Waals surface area contributed by atoms with E-state index in [1.165, 1.54) is 28.2 Å². The summed E-state index contributed by atoms with van der Waals surface area (Å²) in [6.07, 6.45) is 2.26. The standard InChI is InChI=1S/C13H20N4O4S/c1-15-13(19)11-7-10(8-16(11)2)22(20,21)17-5-3-9(4-6-17)12(14)18/h7-9H,3-6H2,1-2H3,(H2,14,18)(H,15,19). The first-order valence-corrected chi connectivity index (χ1v) is 8.39. The van der Waals surface area contributed by atoms with E-state index in [1.807, 2.05) is 0 Å². The van der Waals surface area contributed by atoms with Gasteiger partial charge in [0.25, 0.3) is 5.91 Å². The number of aryl methyl sites for hydroxylation is 1. The Morgan fingerprint density at radius 3 is 2.41 bits per heavy atom. The minimum absolute atomic E-state index is 0.0751. The second kappa shape index (κ2) is 6.09. The smallest absolute Gasteiger partial charge is 0.267 e. The molecule has 0 atom stereocenters. The Kier molecular flexibility index (Phi) is 4.57. The van der Waals surface area contributed by atoms with Gasteiger partial charge in [-0.15, -0.1) is 0 Å². The van der Waals surface area contributed by atoms with Gasteiger partial charge in [0, 0.05) is 39.3 Å². The summed E-state index contributed by atoms with van der Waals surface area (Å²) in [5.41, 5.74) is 5.52. The van der Waals surface area contributed by atoms with Gasteiger partial charge < -0.3 is 15.6 Å². The van der Waals surface area contributed by atoms with Crippen LogP contribution in [0.25, 0.3) is 0 Å². The minimum atomic E-state index is -3.67. The predicted molar refractivity (Wildman–Crippen MR) is 79.5 cm³/mol. The van der Waals surface area contributed by atoms with E-state index in [1.54, 1.807) is 7.05 Å². The van der Waals surface area contributed by atoms with Crippen molar-refractivity contribution in [2.75, 3.05) is 20.1 Å². The van der Waals surface area contributed by atoms with Gasteiger partial charge >= 0.3 is 0 Å². The highest BCUT2D eigenvalue weighted by Gasteiger charge is 2.32. The summed E-state index contributed by atoms with van der Waals surface area (Å²) in [6.45, 7) is 0.500. The normalized spacial score (nSPS) is 17.4. The van der Waals surface area contributed by atoms with E-state index in [0.717, 1.165) is 0 Å². The van der Waals surface area contributed by atoms with Crippen LogP contribution in [0.4, 0.5) is 0 Å². The lowest BCUT2D eigenvalue weighted by Gasteiger charge is -2.29. The molecule has 2 rings (SSSR count). The molecule has 0 aliphatic carbocycles. The summed E-state index contributed by atoms with van der Waals surface area (Å²) in [5, 5.41) is 2.47. The Bertz CT molecular complexity index is 687. The number of piperidine rings is 1. The summed E-state index contributed by atoms with van der Waals surface area (Å²) in [7, 11) is -0.576. The first-order chi connectivity index (χ1) is 10.3. The van der Waals surface area contributed by atoms with Gasteiger partial charge in [-0.25, -0.2) is 8.42 Å². The highest BCUT2D eigenvalue weighted by atomic mass is 32.2. The van der Waals surface area contributed by atoms with Crippen molar-refractivity contribution in [1.29, 1.82) is 0 Å². The van der Waals surface area contributed by atoms with E-state index < -0.39 is 15.9 Å². The maximum absolute atomic E-state index is 12.6. The number of rotatable bonds is 4. The van der Waals surface area contributed by atoms with Gasteiger partial charge in [0.05, 0.1) is 0 Å². The van der Waals surface area contributed by atoms with Gasteiger partial charge in [-0.05, 0) is 18.9 Å². The number of sulfonamides is 1. The second-order valence-electron chi connectivity index (χ2n) is 5.33. The lowest BCUT2D eigenvalue weighted by molar-refractivity contribution is -0.122. The van der Waals surface area contributed by atoms with Gasteiger partial charge in [-0.2, -0.15) is 4.31 Å². The summed E-state index contributed by atoms with van der Waals surface area (Å²) < 4.78 is 28.0. The molecule has 0 radical (unpaired) electrons. The Hall–Kier alpha value is -1.87. The number of hydrogen-bond donors (Lipinski definition) is 2. The highest BCUT2D eigenvalue weighted by Crippen LogP contribution is 2.24. The predicted octanol–water partition coefficient (Wildman–Crippen LogP) is -0.729.